The summed E-state index contributed by atoms with van der Waals surface area (Å²) >= 11 is 0. The Labute approximate surface area is 303 Å². The van der Waals surface area contributed by atoms with Crippen molar-refractivity contribution in [2.75, 3.05) is 0 Å². The van der Waals surface area contributed by atoms with Crippen molar-refractivity contribution in [2.24, 2.45) is 0 Å². The predicted molar refractivity (Wildman–Crippen MR) is 222 cm³/mol. The third-order valence-electron chi connectivity index (χ3n) is 11.7. The first-order valence-corrected chi connectivity index (χ1v) is 18.3. The van der Waals surface area contributed by atoms with Crippen LogP contribution in [0.1, 0.15) is 25.0 Å². The smallest absolute Gasteiger partial charge is 0.0547 e. The molecule has 244 valence electrons. The molecule has 9 aromatic carbocycles. The maximum atomic E-state index is 2.47. The number of fused-ring (bicyclic) bond motifs is 13. The summed E-state index contributed by atoms with van der Waals surface area (Å²) in [5.41, 5.74) is 14.0. The van der Waals surface area contributed by atoms with Crippen LogP contribution in [0.2, 0.25) is 0 Å². The average Bonchev–Trinajstić information content (AvgIpc) is 3.66. The summed E-state index contributed by atoms with van der Waals surface area (Å²) in [6.07, 6.45) is 0. The van der Waals surface area contributed by atoms with Crippen LogP contribution in [0.25, 0.3) is 93.2 Å². The fraction of sp³-hybridized carbons (Fsp3) is 0.0588. The SMILES string of the molecule is CC1(C)c2ccccc2-c2ccc3c(c21)c1ccc(-c2cccc(-c4ccc5c6ccccc6c6ccccc6c5c4)c2)cc1n3-c1ccccc1. The Morgan fingerprint density at radius 3 is 1.63 bits per heavy atom. The van der Waals surface area contributed by atoms with E-state index >= 15 is 0 Å². The van der Waals surface area contributed by atoms with Gasteiger partial charge in [0.2, 0.25) is 0 Å². The third-order valence-corrected chi connectivity index (χ3v) is 11.7. The molecular weight excluding hydrogens is 627 g/mol. The average molecular weight is 662 g/mol. The first-order valence-electron chi connectivity index (χ1n) is 18.3. The molecule has 0 saturated carbocycles. The molecule has 0 spiro atoms. The van der Waals surface area contributed by atoms with E-state index in [1.807, 2.05) is 0 Å². The zero-order valence-corrected chi connectivity index (χ0v) is 29.2. The third kappa shape index (κ3) is 4.05. The molecule has 0 bridgehead atoms. The Morgan fingerprint density at radius 2 is 0.923 bits per heavy atom. The van der Waals surface area contributed by atoms with Gasteiger partial charge in [0.15, 0.2) is 0 Å². The van der Waals surface area contributed by atoms with Crippen LogP contribution >= 0.6 is 0 Å². The van der Waals surface area contributed by atoms with Gasteiger partial charge in [0, 0.05) is 21.9 Å². The summed E-state index contributed by atoms with van der Waals surface area (Å²) in [5.74, 6) is 0. The number of aromatic nitrogens is 1. The van der Waals surface area contributed by atoms with E-state index in [9.17, 15) is 0 Å². The molecule has 1 aliphatic carbocycles. The van der Waals surface area contributed by atoms with Crippen molar-refractivity contribution in [3.63, 3.8) is 0 Å². The number of hydrogen-bond donors (Lipinski definition) is 0. The van der Waals surface area contributed by atoms with Crippen LogP contribution in [0.15, 0.2) is 176 Å². The highest BCUT2D eigenvalue weighted by Gasteiger charge is 2.38. The van der Waals surface area contributed by atoms with Crippen molar-refractivity contribution in [3.05, 3.63) is 187 Å². The van der Waals surface area contributed by atoms with E-state index in [0.717, 1.165) is 0 Å². The van der Waals surface area contributed by atoms with Gasteiger partial charge in [0.25, 0.3) is 0 Å². The minimum absolute atomic E-state index is 0.105. The van der Waals surface area contributed by atoms with Crippen molar-refractivity contribution in [1.82, 2.24) is 4.57 Å². The lowest BCUT2D eigenvalue weighted by molar-refractivity contribution is 0.666. The van der Waals surface area contributed by atoms with Crippen LogP contribution in [-0.4, -0.2) is 4.57 Å². The molecule has 0 unspecified atom stereocenters. The Hall–Kier alpha value is -6.44. The maximum absolute atomic E-state index is 2.47. The Balaban J connectivity index is 1.11. The summed E-state index contributed by atoms with van der Waals surface area (Å²) in [5, 5.41) is 10.5. The minimum Gasteiger partial charge on any atom is -0.309 e. The lowest BCUT2D eigenvalue weighted by Crippen LogP contribution is -2.15. The zero-order valence-electron chi connectivity index (χ0n) is 29.2. The molecule has 10 aromatic rings. The van der Waals surface area contributed by atoms with Gasteiger partial charge in [-0.3, -0.25) is 0 Å². The quantitative estimate of drug-likeness (QED) is 0.166. The first-order chi connectivity index (χ1) is 25.6. The van der Waals surface area contributed by atoms with E-state index in [-0.39, 0.29) is 5.41 Å². The summed E-state index contributed by atoms with van der Waals surface area (Å²) in [7, 11) is 0. The fourth-order valence-corrected chi connectivity index (χ4v) is 9.38. The van der Waals surface area contributed by atoms with E-state index in [1.54, 1.807) is 0 Å². The van der Waals surface area contributed by atoms with Crippen molar-refractivity contribution >= 4 is 54.1 Å². The molecule has 0 N–H and O–H groups in total. The normalized spacial score (nSPS) is 13.3. The van der Waals surface area contributed by atoms with Gasteiger partial charge in [-0.15, -0.1) is 0 Å². The molecular formula is C51H35N. The maximum Gasteiger partial charge on any atom is 0.0547 e. The van der Waals surface area contributed by atoms with Gasteiger partial charge in [-0.2, -0.15) is 0 Å². The van der Waals surface area contributed by atoms with Gasteiger partial charge in [-0.25, -0.2) is 0 Å². The molecule has 1 heteroatoms. The molecule has 0 amide bonds. The lowest BCUT2D eigenvalue weighted by Gasteiger charge is -2.22. The number of nitrogens with zero attached hydrogens (tertiary/aromatic N) is 1. The highest BCUT2D eigenvalue weighted by Crippen LogP contribution is 2.53. The second-order valence-corrected chi connectivity index (χ2v) is 14.9. The highest BCUT2D eigenvalue weighted by molar-refractivity contribution is 6.25. The molecule has 1 heterocycles. The topological polar surface area (TPSA) is 4.93 Å². The van der Waals surface area contributed by atoms with Crippen molar-refractivity contribution in [2.45, 2.75) is 19.3 Å². The molecule has 11 rings (SSSR count). The molecule has 0 saturated heterocycles. The Kier molecular flexibility index (Phi) is 6.08. The van der Waals surface area contributed by atoms with Crippen LogP contribution in [-0.2, 0) is 5.41 Å². The van der Waals surface area contributed by atoms with Crippen LogP contribution in [0.5, 0.6) is 0 Å². The first kappa shape index (κ1) is 29.3. The summed E-state index contributed by atoms with van der Waals surface area (Å²) in [6, 6.07) is 65.2. The fourth-order valence-electron chi connectivity index (χ4n) is 9.38. The van der Waals surface area contributed by atoms with Gasteiger partial charge in [-0.05, 0) is 113 Å². The van der Waals surface area contributed by atoms with Gasteiger partial charge in [0.05, 0.1) is 11.0 Å². The van der Waals surface area contributed by atoms with E-state index < -0.39 is 0 Å². The zero-order chi connectivity index (χ0) is 34.6. The van der Waals surface area contributed by atoms with Crippen LogP contribution in [0.3, 0.4) is 0 Å². The van der Waals surface area contributed by atoms with Gasteiger partial charge >= 0.3 is 0 Å². The summed E-state index contributed by atoms with van der Waals surface area (Å²) < 4.78 is 2.47. The molecule has 1 aromatic heterocycles. The largest absolute Gasteiger partial charge is 0.309 e. The second-order valence-electron chi connectivity index (χ2n) is 14.9. The Morgan fingerprint density at radius 1 is 0.365 bits per heavy atom. The van der Waals surface area contributed by atoms with Crippen molar-refractivity contribution in [1.29, 1.82) is 0 Å². The highest BCUT2D eigenvalue weighted by atomic mass is 15.0. The van der Waals surface area contributed by atoms with Crippen LogP contribution < -0.4 is 0 Å². The van der Waals surface area contributed by atoms with Gasteiger partial charge in [0.1, 0.15) is 0 Å². The molecule has 0 aliphatic heterocycles. The van der Waals surface area contributed by atoms with Crippen molar-refractivity contribution < 1.29 is 0 Å². The molecule has 1 aliphatic rings. The standard InChI is InChI=1S/C51H35N/c1-51(2)46-22-11-10-21-42(46)43-27-28-47-49(50(43)51)44-26-24-35(31-48(44)52(47)36-15-4-3-5-16-36)33-14-12-13-32(29-33)34-23-25-41-39-19-7-6-17-37(39)38-18-8-9-20-40(38)45(41)30-34/h3-31H,1-2H3. The number of para-hydroxylation sites is 1. The van der Waals surface area contributed by atoms with Crippen LogP contribution in [0.4, 0.5) is 0 Å². The molecule has 1 nitrogen and oxygen atoms in total. The predicted octanol–water partition coefficient (Wildman–Crippen LogP) is 13.9. The monoisotopic (exact) mass is 661 g/mol. The van der Waals surface area contributed by atoms with E-state index in [2.05, 4.69) is 194 Å². The molecule has 0 atom stereocenters. The Bertz CT molecular complexity index is 3050. The van der Waals surface area contributed by atoms with Crippen LogP contribution in [0, 0.1) is 0 Å². The van der Waals surface area contributed by atoms with Gasteiger partial charge < -0.3 is 4.57 Å². The molecule has 0 radical (unpaired) electrons. The van der Waals surface area contributed by atoms with Crippen molar-refractivity contribution in [3.8, 4) is 39.1 Å². The number of benzene rings is 9. The second kappa shape index (κ2) is 10.8. The number of hydrogen-bond acceptors (Lipinski definition) is 0. The van der Waals surface area contributed by atoms with E-state index in [4.69, 9.17) is 0 Å². The van der Waals surface area contributed by atoms with Gasteiger partial charge in [-0.1, -0.05) is 153 Å². The molecule has 0 fully saturated rings. The summed E-state index contributed by atoms with van der Waals surface area (Å²) in [6.45, 7) is 4.78. The molecule has 52 heavy (non-hydrogen) atoms. The minimum atomic E-state index is -0.105. The van der Waals surface area contributed by atoms with E-state index in [0.29, 0.717) is 0 Å². The number of rotatable bonds is 3. The van der Waals surface area contributed by atoms with E-state index in [1.165, 1.54) is 104 Å². The lowest BCUT2D eigenvalue weighted by atomic mass is 9.80. The summed E-state index contributed by atoms with van der Waals surface area (Å²) in [4.78, 5) is 0.